The van der Waals surface area contributed by atoms with Crippen molar-refractivity contribution in [1.29, 1.82) is 0 Å². The predicted octanol–water partition coefficient (Wildman–Crippen LogP) is 0.899. The lowest BCUT2D eigenvalue weighted by Crippen LogP contribution is -2.40. The van der Waals surface area contributed by atoms with Crippen LogP contribution in [0.15, 0.2) is 4.79 Å². The number of rotatable bonds is 1. The Labute approximate surface area is 117 Å². The van der Waals surface area contributed by atoms with E-state index in [2.05, 4.69) is 16.9 Å². The fourth-order valence-corrected chi connectivity index (χ4v) is 2.67. The highest BCUT2D eigenvalue weighted by Gasteiger charge is 2.30. The topological polar surface area (TPSA) is 64.2 Å². The highest BCUT2D eigenvalue weighted by atomic mass is 16.6. The molecule has 2 aromatic rings. The normalized spacial score (nSPS) is 15.3. The lowest BCUT2D eigenvalue weighted by atomic mass is 9.88. The van der Waals surface area contributed by atoms with Crippen LogP contribution in [-0.2, 0) is 9.31 Å². The summed E-state index contributed by atoms with van der Waals surface area (Å²) in [7, 11) is -0.562. The van der Waals surface area contributed by atoms with Crippen molar-refractivity contribution in [2.45, 2.75) is 27.7 Å². The van der Waals surface area contributed by atoms with E-state index in [4.69, 9.17) is 9.31 Å². The fraction of sp³-hybridized carbons (Fsp3) is 0.429. The minimum atomic E-state index is -0.562. The average Bonchev–Trinajstić information content (AvgIpc) is 2.96. The number of hydrogen-bond acceptors (Lipinski definition) is 4. The number of benzene rings is 1. The molecule has 1 aromatic heterocycles. The summed E-state index contributed by atoms with van der Waals surface area (Å²) in [5.41, 5.74) is 5.39. The number of H-pyrrole nitrogens is 1. The molecule has 1 aliphatic rings. The van der Waals surface area contributed by atoms with Gasteiger partial charge in [0.15, 0.2) is 0 Å². The Hall–Kier alpha value is -1.66. The Bertz CT molecular complexity index is 748. The van der Waals surface area contributed by atoms with Crippen LogP contribution in [0.1, 0.15) is 22.3 Å². The molecule has 1 aliphatic heterocycles. The van der Waals surface area contributed by atoms with Crippen molar-refractivity contribution < 1.29 is 9.31 Å². The molecule has 6 heteroatoms. The van der Waals surface area contributed by atoms with Gasteiger partial charge in [0.05, 0.1) is 24.1 Å². The summed E-state index contributed by atoms with van der Waals surface area (Å²) in [6.07, 6.45) is 0. The van der Waals surface area contributed by atoms with Gasteiger partial charge in [-0.2, -0.15) is 0 Å². The molecule has 2 heterocycles. The van der Waals surface area contributed by atoms with Gasteiger partial charge in [-0.05, 0) is 49.9 Å². The number of nitrogens with one attached hydrogen (secondary N) is 1. The van der Waals surface area contributed by atoms with E-state index in [1.165, 1.54) is 5.56 Å². The molecule has 0 unspecified atom stereocenters. The molecule has 0 saturated carbocycles. The smallest absolute Gasteiger partial charge is 0.403 e. The van der Waals surface area contributed by atoms with Crippen LogP contribution >= 0.6 is 0 Å². The Balaban J connectivity index is 2.33. The number of aromatic amines is 1. The predicted molar refractivity (Wildman–Crippen MR) is 78.6 cm³/mol. The molecule has 0 amide bonds. The largest absolute Gasteiger partial charge is 0.531 e. The van der Waals surface area contributed by atoms with E-state index >= 15 is 0 Å². The van der Waals surface area contributed by atoms with E-state index < -0.39 is 7.12 Å². The molecule has 0 radical (unpaired) electrons. The molecule has 104 valence electrons. The van der Waals surface area contributed by atoms with Gasteiger partial charge in [-0.15, -0.1) is 0 Å². The quantitative estimate of drug-likeness (QED) is 0.783. The highest BCUT2D eigenvalue weighted by molar-refractivity contribution is 6.59. The summed E-state index contributed by atoms with van der Waals surface area (Å²) in [6, 6.07) is 0. The first-order valence-electron chi connectivity index (χ1n) is 6.74. The maximum atomic E-state index is 12.4. The number of fused-ring (bicyclic) bond motifs is 1. The van der Waals surface area contributed by atoms with Gasteiger partial charge in [0, 0.05) is 0 Å². The maximum absolute atomic E-state index is 12.4. The van der Waals surface area contributed by atoms with Crippen LogP contribution in [0, 0.1) is 27.7 Å². The van der Waals surface area contributed by atoms with E-state index in [1.807, 2.05) is 20.8 Å². The minimum absolute atomic E-state index is 0.132. The van der Waals surface area contributed by atoms with Crippen LogP contribution in [0.2, 0.25) is 0 Å². The molecular formula is C14H17BN2O3. The number of hydrogen-bond donors (Lipinski definition) is 1. The zero-order chi connectivity index (χ0) is 14.4. The Kier molecular flexibility index (Phi) is 3.14. The second-order valence-corrected chi connectivity index (χ2v) is 5.25. The molecule has 3 rings (SSSR count). The lowest BCUT2D eigenvalue weighted by molar-refractivity contribution is 0.365. The van der Waals surface area contributed by atoms with Crippen LogP contribution in [0.4, 0.5) is 0 Å². The van der Waals surface area contributed by atoms with Gasteiger partial charge in [-0.1, -0.05) is 0 Å². The van der Waals surface area contributed by atoms with E-state index in [-0.39, 0.29) is 5.56 Å². The summed E-state index contributed by atoms with van der Waals surface area (Å²) in [4.78, 5) is 19.8. The number of aromatic nitrogens is 2. The fourth-order valence-electron chi connectivity index (χ4n) is 2.67. The molecule has 1 N–H and O–H groups in total. The molecular weight excluding hydrogens is 255 g/mol. The third kappa shape index (κ3) is 1.87. The third-order valence-electron chi connectivity index (χ3n) is 4.20. The standard InChI is InChI=1S/C14H17BN2O3/c1-7-8(2)10(4)12-11(9(7)3)13(18)17-14(16-12)15-19-5-6-20-15/h5-6H2,1-4H3,(H,16,17,18). The van der Waals surface area contributed by atoms with Crippen molar-refractivity contribution in [2.24, 2.45) is 0 Å². The Morgan fingerprint density at radius 1 is 1.00 bits per heavy atom. The summed E-state index contributed by atoms with van der Waals surface area (Å²) in [5, 5.41) is 0.660. The van der Waals surface area contributed by atoms with Crippen molar-refractivity contribution in [1.82, 2.24) is 9.97 Å². The van der Waals surface area contributed by atoms with Crippen LogP contribution in [-0.4, -0.2) is 30.3 Å². The highest BCUT2D eigenvalue weighted by Crippen LogP contribution is 2.24. The molecule has 0 aliphatic carbocycles. The van der Waals surface area contributed by atoms with Gasteiger partial charge in [-0.25, -0.2) is 4.98 Å². The monoisotopic (exact) mass is 272 g/mol. The summed E-state index contributed by atoms with van der Waals surface area (Å²) in [6.45, 7) is 9.10. The van der Waals surface area contributed by atoms with Crippen LogP contribution in [0.5, 0.6) is 0 Å². The first-order chi connectivity index (χ1) is 9.50. The molecule has 5 nitrogen and oxygen atoms in total. The summed E-state index contributed by atoms with van der Waals surface area (Å²) >= 11 is 0. The molecule has 0 spiro atoms. The lowest BCUT2D eigenvalue weighted by Gasteiger charge is -2.14. The molecule has 0 atom stereocenters. The Morgan fingerprint density at radius 2 is 1.60 bits per heavy atom. The van der Waals surface area contributed by atoms with Crippen molar-refractivity contribution >= 4 is 23.7 Å². The van der Waals surface area contributed by atoms with Crippen LogP contribution in [0.25, 0.3) is 10.9 Å². The SMILES string of the molecule is Cc1c(C)c(C)c2c(=O)[nH]c(B3OCCO3)nc2c1C. The van der Waals surface area contributed by atoms with E-state index in [1.54, 1.807) is 0 Å². The van der Waals surface area contributed by atoms with Gasteiger partial charge in [0.25, 0.3) is 5.56 Å². The Morgan fingerprint density at radius 3 is 2.25 bits per heavy atom. The van der Waals surface area contributed by atoms with E-state index in [9.17, 15) is 4.79 Å². The second kappa shape index (κ2) is 4.72. The van der Waals surface area contributed by atoms with Crippen LogP contribution in [0.3, 0.4) is 0 Å². The molecule has 0 bridgehead atoms. The van der Waals surface area contributed by atoms with Crippen molar-refractivity contribution in [2.75, 3.05) is 13.2 Å². The number of nitrogens with zero attached hydrogens (tertiary/aromatic N) is 1. The average molecular weight is 272 g/mol. The van der Waals surface area contributed by atoms with E-state index in [0.29, 0.717) is 24.3 Å². The molecule has 20 heavy (non-hydrogen) atoms. The van der Waals surface area contributed by atoms with Gasteiger partial charge >= 0.3 is 7.12 Å². The first-order valence-corrected chi connectivity index (χ1v) is 6.74. The van der Waals surface area contributed by atoms with Crippen molar-refractivity contribution in [3.63, 3.8) is 0 Å². The zero-order valence-corrected chi connectivity index (χ0v) is 12.2. The first kappa shape index (κ1) is 13.3. The van der Waals surface area contributed by atoms with Crippen molar-refractivity contribution in [3.05, 3.63) is 32.6 Å². The van der Waals surface area contributed by atoms with Crippen LogP contribution < -0.4 is 11.3 Å². The summed E-state index contributed by atoms with van der Waals surface area (Å²) < 4.78 is 10.8. The third-order valence-corrected chi connectivity index (χ3v) is 4.20. The summed E-state index contributed by atoms with van der Waals surface area (Å²) in [5.74, 6) is 0. The molecule has 1 fully saturated rings. The van der Waals surface area contributed by atoms with Gasteiger partial charge < -0.3 is 14.3 Å². The van der Waals surface area contributed by atoms with Gasteiger partial charge in [0.1, 0.15) is 5.72 Å². The number of aryl methyl sites for hydroxylation is 2. The molecule has 1 aromatic carbocycles. The van der Waals surface area contributed by atoms with Gasteiger partial charge in [-0.3, -0.25) is 4.79 Å². The minimum Gasteiger partial charge on any atom is -0.403 e. The second-order valence-electron chi connectivity index (χ2n) is 5.25. The molecule has 1 saturated heterocycles. The van der Waals surface area contributed by atoms with Crippen molar-refractivity contribution in [3.8, 4) is 0 Å². The van der Waals surface area contributed by atoms with E-state index in [0.717, 1.165) is 22.2 Å². The zero-order valence-electron chi connectivity index (χ0n) is 12.2. The maximum Gasteiger partial charge on any atom is 0.531 e. The van der Waals surface area contributed by atoms with Gasteiger partial charge in [0.2, 0.25) is 0 Å².